The maximum Gasteiger partial charge on any atom is 0.178 e. The van der Waals surface area contributed by atoms with Crippen molar-refractivity contribution in [1.82, 2.24) is 4.98 Å². The molecule has 0 spiro atoms. The van der Waals surface area contributed by atoms with Gasteiger partial charge in [-0.05, 0) is 30.7 Å². The Morgan fingerprint density at radius 1 is 1.44 bits per heavy atom. The van der Waals surface area contributed by atoms with E-state index in [4.69, 9.17) is 0 Å². The lowest BCUT2D eigenvalue weighted by Crippen LogP contribution is -1.92. The van der Waals surface area contributed by atoms with Crippen LogP contribution in [0.5, 0.6) is 0 Å². The van der Waals surface area contributed by atoms with Crippen molar-refractivity contribution in [1.29, 1.82) is 0 Å². The molecule has 2 aromatic rings. The second-order valence-corrected chi connectivity index (χ2v) is 4.41. The highest BCUT2D eigenvalue weighted by Gasteiger charge is 2.10. The minimum Gasteiger partial charge on any atom is -0.293 e. The number of hydrogen-bond acceptors (Lipinski definition) is 3. The van der Waals surface area contributed by atoms with Crippen LogP contribution in [-0.2, 0) is 0 Å². The molecule has 0 saturated heterocycles. The van der Waals surface area contributed by atoms with E-state index in [1.54, 1.807) is 11.4 Å². The molecule has 0 aliphatic heterocycles. The van der Waals surface area contributed by atoms with E-state index in [2.05, 4.69) is 4.98 Å². The Bertz CT molecular complexity index is 548. The fourth-order valence-electron chi connectivity index (χ4n) is 1.43. The summed E-state index contributed by atoms with van der Waals surface area (Å²) in [5.41, 5.74) is 2.16. The summed E-state index contributed by atoms with van der Waals surface area (Å²) in [6.45, 7) is 3.31. The van der Waals surface area contributed by atoms with Gasteiger partial charge in [0, 0.05) is 17.9 Å². The van der Waals surface area contributed by atoms with Gasteiger partial charge in [-0.15, -0.1) is 11.3 Å². The van der Waals surface area contributed by atoms with Gasteiger partial charge >= 0.3 is 0 Å². The zero-order chi connectivity index (χ0) is 11.7. The molecule has 0 radical (unpaired) electrons. The van der Waals surface area contributed by atoms with E-state index >= 15 is 0 Å². The van der Waals surface area contributed by atoms with Crippen molar-refractivity contribution in [2.75, 3.05) is 0 Å². The van der Waals surface area contributed by atoms with E-state index in [9.17, 15) is 9.18 Å². The van der Waals surface area contributed by atoms with Gasteiger partial charge in [0.25, 0.3) is 0 Å². The fourth-order valence-corrected chi connectivity index (χ4v) is 2.38. The summed E-state index contributed by atoms with van der Waals surface area (Å²) in [6.07, 6.45) is 0. The lowest BCUT2D eigenvalue weighted by Gasteiger charge is -2.01. The Morgan fingerprint density at radius 2 is 2.19 bits per heavy atom. The van der Waals surface area contributed by atoms with Crippen LogP contribution in [0, 0.1) is 12.7 Å². The SMILES string of the molecule is CC(=O)c1csc(-c2ccc(F)cc2C)n1. The van der Waals surface area contributed by atoms with Crippen LogP contribution in [0.15, 0.2) is 23.6 Å². The van der Waals surface area contributed by atoms with Crippen molar-refractivity contribution in [3.8, 4) is 10.6 Å². The Hall–Kier alpha value is -1.55. The largest absolute Gasteiger partial charge is 0.293 e. The summed E-state index contributed by atoms with van der Waals surface area (Å²) in [5, 5.41) is 2.48. The van der Waals surface area contributed by atoms with E-state index < -0.39 is 0 Å². The number of ketones is 1. The molecule has 1 aromatic carbocycles. The Morgan fingerprint density at radius 3 is 2.75 bits per heavy atom. The van der Waals surface area contributed by atoms with Crippen LogP contribution >= 0.6 is 11.3 Å². The van der Waals surface area contributed by atoms with Gasteiger partial charge in [-0.2, -0.15) is 0 Å². The molecule has 0 aliphatic rings. The number of halogens is 1. The third-order valence-electron chi connectivity index (χ3n) is 2.28. The molecule has 2 nitrogen and oxygen atoms in total. The van der Waals surface area contributed by atoms with Gasteiger partial charge in [-0.3, -0.25) is 4.79 Å². The average Bonchev–Trinajstić information content (AvgIpc) is 2.66. The predicted molar refractivity (Wildman–Crippen MR) is 62.2 cm³/mol. The standard InChI is InChI=1S/C12H10FNOS/c1-7-5-9(13)3-4-10(7)12-14-11(6-16-12)8(2)15/h3-6H,1-2H3. The van der Waals surface area contributed by atoms with Crippen LogP contribution in [0.2, 0.25) is 0 Å². The highest BCUT2D eigenvalue weighted by Crippen LogP contribution is 2.27. The lowest BCUT2D eigenvalue weighted by atomic mass is 10.1. The van der Waals surface area contributed by atoms with Crippen LogP contribution < -0.4 is 0 Å². The summed E-state index contributed by atoms with van der Waals surface area (Å²) in [7, 11) is 0. The van der Waals surface area contributed by atoms with Crippen molar-refractivity contribution in [2.24, 2.45) is 0 Å². The number of thiazole rings is 1. The van der Waals surface area contributed by atoms with Gasteiger partial charge in [-0.1, -0.05) is 0 Å². The fraction of sp³-hybridized carbons (Fsp3) is 0.167. The summed E-state index contributed by atoms with van der Waals surface area (Å²) < 4.78 is 12.9. The van der Waals surface area contributed by atoms with Crippen LogP contribution in [0.25, 0.3) is 10.6 Å². The highest BCUT2D eigenvalue weighted by molar-refractivity contribution is 7.13. The first-order chi connectivity index (χ1) is 7.58. The molecule has 0 N–H and O–H groups in total. The van der Waals surface area contributed by atoms with Gasteiger partial charge in [0.15, 0.2) is 5.78 Å². The van der Waals surface area contributed by atoms with E-state index in [0.717, 1.165) is 16.1 Å². The van der Waals surface area contributed by atoms with Crippen molar-refractivity contribution >= 4 is 17.1 Å². The number of carbonyl (C=O) groups excluding carboxylic acids is 1. The molecule has 0 amide bonds. The number of benzene rings is 1. The van der Waals surface area contributed by atoms with Gasteiger partial charge in [0.05, 0.1) is 0 Å². The molecule has 82 valence electrons. The first-order valence-electron chi connectivity index (χ1n) is 4.81. The first kappa shape index (κ1) is 11.0. The molecular formula is C12H10FNOS. The number of carbonyl (C=O) groups is 1. The van der Waals surface area contributed by atoms with Crippen molar-refractivity contribution < 1.29 is 9.18 Å². The minimum absolute atomic E-state index is 0.0535. The minimum atomic E-state index is -0.260. The van der Waals surface area contributed by atoms with Crippen molar-refractivity contribution in [3.63, 3.8) is 0 Å². The van der Waals surface area contributed by atoms with Crippen LogP contribution in [0.3, 0.4) is 0 Å². The molecule has 4 heteroatoms. The van der Waals surface area contributed by atoms with E-state index in [1.807, 2.05) is 6.92 Å². The normalized spacial score (nSPS) is 10.4. The van der Waals surface area contributed by atoms with Crippen LogP contribution in [0.1, 0.15) is 23.0 Å². The van der Waals surface area contributed by atoms with E-state index in [-0.39, 0.29) is 11.6 Å². The maximum absolute atomic E-state index is 12.9. The molecule has 0 unspecified atom stereocenters. The zero-order valence-electron chi connectivity index (χ0n) is 8.95. The summed E-state index contributed by atoms with van der Waals surface area (Å²) in [5.74, 6) is -0.313. The second-order valence-electron chi connectivity index (χ2n) is 3.55. The number of rotatable bonds is 2. The van der Waals surface area contributed by atoms with Crippen LogP contribution in [0.4, 0.5) is 4.39 Å². The smallest absolute Gasteiger partial charge is 0.178 e. The van der Waals surface area contributed by atoms with Crippen molar-refractivity contribution in [3.05, 3.63) is 40.7 Å². The second kappa shape index (κ2) is 4.14. The first-order valence-corrected chi connectivity index (χ1v) is 5.69. The van der Waals surface area contributed by atoms with Gasteiger partial charge in [0.1, 0.15) is 16.5 Å². The Balaban J connectivity index is 2.46. The molecule has 1 heterocycles. The molecule has 16 heavy (non-hydrogen) atoms. The zero-order valence-corrected chi connectivity index (χ0v) is 9.77. The predicted octanol–water partition coefficient (Wildman–Crippen LogP) is 3.46. The molecule has 0 saturated carbocycles. The molecule has 2 rings (SSSR count). The summed E-state index contributed by atoms with van der Waals surface area (Å²) in [6, 6.07) is 4.55. The quantitative estimate of drug-likeness (QED) is 0.746. The third-order valence-corrected chi connectivity index (χ3v) is 3.16. The number of aromatic nitrogens is 1. The number of Topliss-reactive ketones (excluding diaryl/α,β-unsaturated/α-hetero) is 1. The van der Waals surface area contributed by atoms with Crippen LogP contribution in [-0.4, -0.2) is 10.8 Å². The Kier molecular flexibility index (Phi) is 2.83. The van der Waals surface area contributed by atoms with Crippen molar-refractivity contribution in [2.45, 2.75) is 13.8 Å². The summed E-state index contributed by atoms with van der Waals surface area (Å²) >= 11 is 1.40. The number of hydrogen-bond donors (Lipinski definition) is 0. The number of nitrogens with zero attached hydrogens (tertiary/aromatic N) is 1. The van der Waals surface area contributed by atoms with Gasteiger partial charge in [-0.25, -0.2) is 9.37 Å². The maximum atomic E-state index is 12.9. The molecule has 1 aromatic heterocycles. The molecule has 0 bridgehead atoms. The third kappa shape index (κ3) is 2.02. The molecule has 0 atom stereocenters. The van der Waals surface area contributed by atoms with E-state index in [0.29, 0.717) is 5.69 Å². The molecule has 0 fully saturated rings. The van der Waals surface area contributed by atoms with Gasteiger partial charge < -0.3 is 0 Å². The molecule has 0 aliphatic carbocycles. The average molecular weight is 235 g/mol. The topological polar surface area (TPSA) is 30.0 Å². The molecular weight excluding hydrogens is 225 g/mol. The number of aryl methyl sites for hydroxylation is 1. The monoisotopic (exact) mass is 235 g/mol. The van der Waals surface area contributed by atoms with Gasteiger partial charge in [0.2, 0.25) is 0 Å². The lowest BCUT2D eigenvalue weighted by molar-refractivity contribution is 0.101. The summed E-state index contributed by atoms with van der Waals surface area (Å²) in [4.78, 5) is 15.3. The van der Waals surface area contributed by atoms with E-state index in [1.165, 1.54) is 30.4 Å². The Labute approximate surface area is 96.8 Å². The highest BCUT2D eigenvalue weighted by atomic mass is 32.1.